The van der Waals surface area contributed by atoms with Gasteiger partial charge in [0.05, 0.1) is 0 Å². The van der Waals surface area contributed by atoms with Crippen LogP contribution in [0.5, 0.6) is 5.88 Å². The second-order valence-electron chi connectivity index (χ2n) is 5.57. The summed E-state index contributed by atoms with van der Waals surface area (Å²) in [6.07, 6.45) is 1.84. The van der Waals surface area contributed by atoms with Crippen molar-refractivity contribution in [3.63, 3.8) is 0 Å². The zero-order valence-electron chi connectivity index (χ0n) is 13.2. The van der Waals surface area contributed by atoms with Crippen LogP contribution in [0.3, 0.4) is 0 Å². The molecule has 0 aliphatic rings. The second kappa shape index (κ2) is 7.07. The summed E-state index contributed by atoms with van der Waals surface area (Å²) < 4.78 is 5.72. The van der Waals surface area contributed by atoms with E-state index in [0.717, 1.165) is 22.3 Å². The summed E-state index contributed by atoms with van der Waals surface area (Å²) in [5.74, 6) is 0.629. The first-order valence-corrected chi connectivity index (χ1v) is 7.68. The van der Waals surface area contributed by atoms with E-state index in [0.29, 0.717) is 19.0 Å². The smallest absolute Gasteiger partial charge is 0.213 e. The molecule has 0 aliphatic heterocycles. The lowest BCUT2D eigenvalue weighted by atomic mass is 10.0. The number of benzene rings is 2. The van der Waals surface area contributed by atoms with E-state index in [2.05, 4.69) is 30.1 Å². The number of aryl methyl sites for hydroxylation is 1. The minimum atomic E-state index is 0.523. The first-order valence-electron chi connectivity index (χ1n) is 7.68. The monoisotopic (exact) mass is 304 g/mol. The highest BCUT2D eigenvalue weighted by Gasteiger charge is 2.03. The zero-order chi connectivity index (χ0) is 16.1. The Balaban J connectivity index is 1.73. The van der Waals surface area contributed by atoms with Crippen molar-refractivity contribution >= 4 is 0 Å². The Kier molecular flexibility index (Phi) is 4.69. The van der Waals surface area contributed by atoms with E-state index >= 15 is 0 Å². The molecule has 3 heteroatoms. The number of aromatic nitrogens is 1. The molecule has 0 amide bonds. The summed E-state index contributed by atoms with van der Waals surface area (Å²) in [6, 6.07) is 20.4. The van der Waals surface area contributed by atoms with Crippen molar-refractivity contribution < 1.29 is 4.74 Å². The fourth-order valence-electron chi connectivity index (χ4n) is 2.51. The van der Waals surface area contributed by atoms with Gasteiger partial charge in [-0.2, -0.15) is 0 Å². The van der Waals surface area contributed by atoms with E-state index in [1.54, 1.807) is 0 Å². The van der Waals surface area contributed by atoms with Gasteiger partial charge in [0.25, 0.3) is 0 Å². The number of nitrogens with zero attached hydrogens (tertiary/aromatic N) is 1. The fourth-order valence-corrected chi connectivity index (χ4v) is 2.51. The lowest BCUT2D eigenvalue weighted by molar-refractivity contribution is 0.294. The average molecular weight is 304 g/mol. The largest absolute Gasteiger partial charge is 0.473 e. The minimum absolute atomic E-state index is 0.523. The number of hydrogen-bond donors (Lipinski definition) is 1. The van der Waals surface area contributed by atoms with Crippen molar-refractivity contribution in [2.24, 2.45) is 5.73 Å². The van der Waals surface area contributed by atoms with Gasteiger partial charge in [-0.3, -0.25) is 0 Å². The molecule has 116 valence electrons. The molecule has 23 heavy (non-hydrogen) atoms. The Bertz CT molecular complexity index is 767. The molecule has 0 bridgehead atoms. The molecular formula is C20H20N2O. The standard InChI is InChI=1S/C20H20N2O/c1-15-9-17(12-21)11-19(10-15)18-7-8-20(22-13-18)23-14-16-5-3-2-4-6-16/h2-11,13H,12,14,21H2,1H3. The first kappa shape index (κ1) is 15.3. The zero-order valence-corrected chi connectivity index (χ0v) is 13.2. The Morgan fingerprint density at radius 3 is 2.43 bits per heavy atom. The predicted octanol–water partition coefficient (Wildman–Crippen LogP) is 4.09. The minimum Gasteiger partial charge on any atom is -0.473 e. The molecule has 1 heterocycles. The molecule has 3 nitrogen and oxygen atoms in total. The molecule has 2 N–H and O–H groups in total. The Morgan fingerprint density at radius 1 is 0.913 bits per heavy atom. The van der Waals surface area contributed by atoms with Crippen LogP contribution in [-0.2, 0) is 13.2 Å². The van der Waals surface area contributed by atoms with Crippen LogP contribution in [0.25, 0.3) is 11.1 Å². The number of pyridine rings is 1. The SMILES string of the molecule is Cc1cc(CN)cc(-c2ccc(OCc3ccccc3)nc2)c1. The summed E-state index contributed by atoms with van der Waals surface area (Å²) in [7, 11) is 0. The molecular weight excluding hydrogens is 284 g/mol. The van der Waals surface area contributed by atoms with E-state index in [1.165, 1.54) is 5.56 Å². The van der Waals surface area contributed by atoms with Crippen LogP contribution in [0, 0.1) is 6.92 Å². The van der Waals surface area contributed by atoms with Crippen LogP contribution in [0.1, 0.15) is 16.7 Å². The third-order valence-corrected chi connectivity index (χ3v) is 3.67. The van der Waals surface area contributed by atoms with Crippen LogP contribution < -0.4 is 10.5 Å². The number of hydrogen-bond acceptors (Lipinski definition) is 3. The lowest BCUT2D eigenvalue weighted by Gasteiger charge is -2.08. The van der Waals surface area contributed by atoms with Gasteiger partial charge in [0.15, 0.2) is 0 Å². The number of ether oxygens (including phenoxy) is 1. The molecule has 0 saturated heterocycles. The van der Waals surface area contributed by atoms with E-state index in [4.69, 9.17) is 10.5 Å². The van der Waals surface area contributed by atoms with Gasteiger partial charge in [-0.25, -0.2) is 4.98 Å². The summed E-state index contributed by atoms with van der Waals surface area (Å²) >= 11 is 0. The van der Waals surface area contributed by atoms with Gasteiger partial charge >= 0.3 is 0 Å². The summed E-state index contributed by atoms with van der Waals surface area (Å²) in [5.41, 5.74) is 11.4. The maximum atomic E-state index is 5.75. The predicted molar refractivity (Wildman–Crippen MR) is 93.1 cm³/mol. The Hall–Kier alpha value is -2.65. The number of nitrogens with two attached hydrogens (primary N) is 1. The van der Waals surface area contributed by atoms with Crippen LogP contribution >= 0.6 is 0 Å². The normalized spacial score (nSPS) is 10.5. The average Bonchev–Trinajstić information content (AvgIpc) is 2.60. The van der Waals surface area contributed by atoms with Crippen LogP contribution in [0.2, 0.25) is 0 Å². The molecule has 0 unspecified atom stereocenters. The summed E-state index contributed by atoms with van der Waals surface area (Å²) in [6.45, 7) is 3.14. The molecule has 3 rings (SSSR count). The Morgan fingerprint density at radius 2 is 1.74 bits per heavy atom. The van der Waals surface area contributed by atoms with Gasteiger partial charge in [0.2, 0.25) is 5.88 Å². The highest BCUT2D eigenvalue weighted by atomic mass is 16.5. The van der Waals surface area contributed by atoms with Gasteiger partial charge in [-0.1, -0.05) is 48.0 Å². The number of rotatable bonds is 5. The molecule has 0 saturated carbocycles. The van der Waals surface area contributed by atoms with E-state index in [1.807, 2.05) is 48.7 Å². The van der Waals surface area contributed by atoms with Gasteiger partial charge in [-0.05, 0) is 35.7 Å². The maximum absolute atomic E-state index is 5.75. The van der Waals surface area contributed by atoms with Crippen LogP contribution in [0.4, 0.5) is 0 Å². The van der Waals surface area contributed by atoms with Gasteiger partial charge in [-0.15, -0.1) is 0 Å². The molecule has 0 radical (unpaired) electrons. The lowest BCUT2D eigenvalue weighted by Crippen LogP contribution is -1.98. The van der Waals surface area contributed by atoms with E-state index in [9.17, 15) is 0 Å². The molecule has 0 atom stereocenters. The third-order valence-electron chi connectivity index (χ3n) is 3.67. The summed E-state index contributed by atoms with van der Waals surface area (Å²) in [4.78, 5) is 4.40. The van der Waals surface area contributed by atoms with Crippen molar-refractivity contribution in [2.75, 3.05) is 0 Å². The molecule has 2 aromatic carbocycles. The molecule has 0 spiro atoms. The van der Waals surface area contributed by atoms with Crippen molar-refractivity contribution in [3.8, 4) is 17.0 Å². The van der Waals surface area contributed by atoms with Crippen molar-refractivity contribution in [2.45, 2.75) is 20.1 Å². The topological polar surface area (TPSA) is 48.1 Å². The van der Waals surface area contributed by atoms with Crippen LogP contribution in [-0.4, -0.2) is 4.98 Å². The van der Waals surface area contributed by atoms with Gasteiger partial charge < -0.3 is 10.5 Å². The second-order valence-corrected chi connectivity index (χ2v) is 5.57. The van der Waals surface area contributed by atoms with Crippen LogP contribution in [0.15, 0.2) is 66.9 Å². The molecule has 3 aromatic rings. The van der Waals surface area contributed by atoms with E-state index in [-0.39, 0.29) is 0 Å². The highest BCUT2D eigenvalue weighted by molar-refractivity contribution is 5.64. The quantitative estimate of drug-likeness (QED) is 0.772. The summed E-state index contributed by atoms with van der Waals surface area (Å²) in [5, 5.41) is 0. The fraction of sp³-hybridized carbons (Fsp3) is 0.150. The molecule has 0 aliphatic carbocycles. The van der Waals surface area contributed by atoms with Crippen molar-refractivity contribution in [1.82, 2.24) is 4.98 Å². The first-order chi connectivity index (χ1) is 11.2. The molecule has 1 aromatic heterocycles. The highest BCUT2D eigenvalue weighted by Crippen LogP contribution is 2.23. The maximum Gasteiger partial charge on any atom is 0.213 e. The Labute approximate surface area is 136 Å². The van der Waals surface area contributed by atoms with E-state index < -0.39 is 0 Å². The van der Waals surface area contributed by atoms with Gasteiger partial charge in [0.1, 0.15) is 6.61 Å². The van der Waals surface area contributed by atoms with Gasteiger partial charge in [0, 0.05) is 24.4 Å². The van der Waals surface area contributed by atoms with Crippen molar-refractivity contribution in [3.05, 3.63) is 83.6 Å². The van der Waals surface area contributed by atoms with Crippen molar-refractivity contribution in [1.29, 1.82) is 0 Å². The third kappa shape index (κ3) is 3.96. The molecule has 0 fully saturated rings.